The quantitative estimate of drug-likeness (QED) is 0.598. The number of hydrogen-bond donors (Lipinski definition) is 2. The summed E-state index contributed by atoms with van der Waals surface area (Å²) in [7, 11) is 1.85. The first-order valence-electron chi connectivity index (χ1n) is 5.59. The van der Waals surface area contributed by atoms with E-state index >= 15 is 0 Å². The van der Waals surface area contributed by atoms with Gasteiger partial charge in [-0.25, -0.2) is 4.98 Å². The van der Waals surface area contributed by atoms with Gasteiger partial charge in [-0.3, -0.25) is 10.1 Å². The highest BCUT2D eigenvalue weighted by atomic mass is 16.6. The van der Waals surface area contributed by atoms with Gasteiger partial charge < -0.3 is 16.4 Å². The van der Waals surface area contributed by atoms with Gasteiger partial charge in [-0.15, -0.1) is 0 Å². The van der Waals surface area contributed by atoms with Crippen LogP contribution in [0.1, 0.15) is 13.8 Å². The number of nitrogens with zero attached hydrogens (tertiary/aromatic N) is 3. The van der Waals surface area contributed by atoms with Crippen molar-refractivity contribution in [2.75, 3.05) is 30.8 Å². The van der Waals surface area contributed by atoms with Gasteiger partial charge in [0.15, 0.2) is 0 Å². The van der Waals surface area contributed by atoms with E-state index in [4.69, 9.17) is 11.5 Å². The molecule has 1 aromatic heterocycles. The van der Waals surface area contributed by atoms with Gasteiger partial charge in [-0.05, 0) is 18.0 Å². The molecule has 1 rings (SSSR count). The Morgan fingerprint density at radius 3 is 2.56 bits per heavy atom. The molecule has 0 spiro atoms. The van der Waals surface area contributed by atoms with E-state index in [-0.39, 0.29) is 16.9 Å². The molecule has 0 aliphatic heterocycles. The molecule has 0 unspecified atom stereocenters. The van der Waals surface area contributed by atoms with E-state index in [1.165, 1.54) is 6.07 Å². The fourth-order valence-corrected chi connectivity index (χ4v) is 1.61. The van der Waals surface area contributed by atoms with Gasteiger partial charge >= 0.3 is 5.69 Å². The summed E-state index contributed by atoms with van der Waals surface area (Å²) in [5.41, 5.74) is 11.0. The van der Waals surface area contributed by atoms with Crippen molar-refractivity contribution in [3.63, 3.8) is 0 Å². The van der Waals surface area contributed by atoms with Gasteiger partial charge in [0.1, 0.15) is 5.82 Å². The Labute approximate surface area is 106 Å². The number of aromatic nitrogens is 1. The predicted octanol–water partition coefficient (Wildman–Crippen LogP) is 0.993. The van der Waals surface area contributed by atoms with Crippen molar-refractivity contribution < 1.29 is 4.92 Å². The highest BCUT2D eigenvalue weighted by Crippen LogP contribution is 2.24. The number of nitro groups is 1. The fraction of sp³-hybridized carbons (Fsp3) is 0.545. The van der Waals surface area contributed by atoms with E-state index in [2.05, 4.69) is 4.98 Å². The molecule has 0 saturated heterocycles. The molecule has 1 heterocycles. The standard InChI is InChI=1S/C11H19N5O2/c1-11(2,6-12)7-15(3)9-5-4-8(16(17)18)10(13)14-9/h4-5H,6-7,12H2,1-3H3,(H2,13,14). The largest absolute Gasteiger partial charge is 0.378 e. The van der Waals surface area contributed by atoms with Gasteiger partial charge in [-0.1, -0.05) is 13.8 Å². The molecule has 1 aromatic rings. The zero-order chi connectivity index (χ0) is 13.9. The number of hydrogen-bond acceptors (Lipinski definition) is 6. The van der Waals surface area contributed by atoms with E-state index in [0.717, 1.165) is 0 Å². The third kappa shape index (κ3) is 3.30. The maximum absolute atomic E-state index is 10.6. The second-order valence-electron chi connectivity index (χ2n) is 5.06. The van der Waals surface area contributed by atoms with Crippen molar-refractivity contribution in [2.24, 2.45) is 11.1 Å². The number of rotatable bonds is 5. The average molecular weight is 253 g/mol. The molecule has 0 saturated carbocycles. The Morgan fingerprint density at radius 2 is 2.11 bits per heavy atom. The molecule has 4 N–H and O–H groups in total. The van der Waals surface area contributed by atoms with Crippen LogP contribution in [0.15, 0.2) is 12.1 Å². The lowest BCUT2D eigenvalue weighted by molar-refractivity contribution is -0.384. The molecule has 0 aliphatic rings. The molecule has 100 valence electrons. The van der Waals surface area contributed by atoms with E-state index < -0.39 is 4.92 Å². The van der Waals surface area contributed by atoms with Crippen molar-refractivity contribution in [3.8, 4) is 0 Å². The molecule has 0 bridgehead atoms. The third-order valence-electron chi connectivity index (χ3n) is 2.69. The van der Waals surface area contributed by atoms with Crippen LogP contribution in [-0.2, 0) is 0 Å². The smallest absolute Gasteiger partial charge is 0.311 e. The summed E-state index contributed by atoms with van der Waals surface area (Å²) in [5, 5.41) is 10.6. The van der Waals surface area contributed by atoms with Crippen LogP contribution in [0, 0.1) is 15.5 Å². The van der Waals surface area contributed by atoms with Crippen molar-refractivity contribution in [3.05, 3.63) is 22.2 Å². The molecule has 0 fully saturated rings. The summed E-state index contributed by atoms with van der Waals surface area (Å²) in [6.07, 6.45) is 0. The van der Waals surface area contributed by atoms with Gasteiger partial charge in [0.2, 0.25) is 5.82 Å². The van der Waals surface area contributed by atoms with Gasteiger partial charge in [-0.2, -0.15) is 0 Å². The Hall–Kier alpha value is -1.89. The van der Waals surface area contributed by atoms with E-state index in [0.29, 0.717) is 18.9 Å². The third-order valence-corrected chi connectivity index (χ3v) is 2.69. The topological polar surface area (TPSA) is 111 Å². The monoisotopic (exact) mass is 253 g/mol. The van der Waals surface area contributed by atoms with Crippen LogP contribution in [0.3, 0.4) is 0 Å². The van der Waals surface area contributed by atoms with E-state index in [1.807, 2.05) is 25.8 Å². The number of nitrogen functional groups attached to an aromatic ring is 1. The van der Waals surface area contributed by atoms with E-state index in [1.54, 1.807) is 6.07 Å². The molecule has 7 nitrogen and oxygen atoms in total. The maximum Gasteiger partial charge on any atom is 0.311 e. The summed E-state index contributed by atoms with van der Waals surface area (Å²) in [6.45, 7) is 5.31. The minimum absolute atomic E-state index is 0.0625. The molecular weight excluding hydrogens is 234 g/mol. The Kier molecular flexibility index (Phi) is 4.07. The summed E-state index contributed by atoms with van der Waals surface area (Å²) in [5.74, 6) is 0.523. The van der Waals surface area contributed by atoms with Crippen LogP contribution in [0.5, 0.6) is 0 Å². The van der Waals surface area contributed by atoms with Gasteiger partial charge in [0.25, 0.3) is 0 Å². The van der Waals surface area contributed by atoms with Crippen LogP contribution in [0.25, 0.3) is 0 Å². The first-order chi connectivity index (χ1) is 8.26. The van der Waals surface area contributed by atoms with Crippen molar-refractivity contribution >= 4 is 17.3 Å². The molecule has 0 radical (unpaired) electrons. The number of pyridine rings is 1. The van der Waals surface area contributed by atoms with Crippen LogP contribution >= 0.6 is 0 Å². The highest BCUT2D eigenvalue weighted by molar-refractivity contribution is 5.57. The Bertz CT molecular complexity index is 447. The molecule has 0 aromatic carbocycles. The van der Waals surface area contributed by atoms with E-state index in [9.17, 15) is 10.1 Å². The molecule has 0 atom stereocenters. The van der Waals surface area contributed by atoms with Crippen LogP contribution in [0.4, 0.5) is 17.3 Å². The second-order valence-corrected chi connectivity index (χ2v) is 5.06. The van der Waals surface area contributed by atoms with Crippen LogP contribution in [-0.4, -0.2) is 30.0 Å². The molecular formula is C11H19N5O2. The zero-order valence-corrected chi connectivity index (χ0v) is 10.9. The molecule has 0 aliphatic carbocycles. The van der Waals surface area contributed by atoms with Crippen molar-refractivity contribution in [2.45, 2.75) is 13.8 Å². The Morgan fingerprint density at radius 1 is 1.50 bits per heavy atom. The average Bonchev–Trinajstić information content (AvgIpc) is 2.27. The Balaban J connectivity index is 2.91. The van der Waals surface area contributed by atoms with Crippen LogP contribution in [0.2, 0.25) is 0 Å². The highest BCUT2D eigenvalue weighted by Gasteiger charge is 2.20. The summed E-state index contributed by atoms with van der Waals surface area (Å²) in [4.78, 5) is 16.0. The summed E-state index contributed by atoms with van der Waals surface area (Å²) in [6, 6.07) is 2.95. The fourth-order valence-electron chi connectivity index (χ4n) is 1.61. The SMILES string of the molecule is CN(CC(C)(C)CN)c1ccc([N+](=O)[O-])c(N)n1. The molecule has 7 heteroatoms. The lowest BCUT2D eigenvalue weighted by Gasteiger charge is -2.29. The summed E-state index contributed by atoms with van der Waals surface area (Å²) < 4.78 is 0. The number of anilines is 2. The zero-order valence-electron chi connectivity index (χ0n) is 10.9. The van der Waals surface area contributed by atoms with Crippen LogP contribution < -0.4 is 16.4 Å². The molecule has 18 heavy (non-hydrogen) atoms. The number of nitrogens with two attached hydrogens (primary N) is 2. The maximum atomic E-state index is 10.6. The normalized spacial score (nSPS) is 11.3. The van der Waals surface area contributed by atoms with Gasteiger partial charge in [0.05, 0.1) is 4.92 Å². The lowest BCUT2D eigenvalue weighted by Crippen LogP contribution is -2.37. The molecule has 0 amide bonds. The van der Waals surface area contributed by atoms with Crippen molar-refractivity contribution in [1.82, 2.24) is 4.98 Å². The minimum atomic E-state index is -0.546. The van der Waals surface area contributed by atoms with Gasteiger partial charge in [0, 0.05) is 19.7 Å². The first-order valence-corrected chi connectivity index (χ1v) is 5.59. The summed E-state index contributed by atoms with van der Waals surface area (Å²) >= 11 is 0. The van der Waals surface area contributed by atoms with Crippen molar-refractivity contribution in [1.29, 1.82) is 0 Å². The minimum Gasteiger partial charge on any atom is -0.378 e. The lowest BCUT2D eigenvalue weighted by atomic mass is 9.93. The second kappa shape index (κ2) is 5.18. The predicted molar refractivity (Wildman–Crippen MR) is 71.4 cm³/mol. The first kappa shape index (κ1) is 14.2.